The van der Waals surface area contributed by atoms with Gasteiger partial charge in [-0.15, -0.1) is 11.3 Å². The summed E-state index contributed by atoms with van der Waals surface area (Å²) in [6, 6.07) is 12.1. The van der Waals surface area contributed by atoms with E-state index in [0.29, 0.717) is 17.3 Å². The average molecular weight is 400 g/mol. The zero-order valence-electron chi connectivity index (χ0n) is 14.7. The van der Waals surface area contributed by atoms with Crippen LogP contribution >= 0.6 is 11.3 Å². The van der Waals surface area contributed by atoms with Crippen LogP contribution in [0.2, 0.25) is 0 Å². The quantitative estimate of drug-likeness (QED) is 0.485. The van der Waals surface area contributed by atoms with E-state index in [0.717, 1.165) is 16.0 Å². The number of rotatable bonds is 5. The van der Waals surface area contributed by atoms with E-state index in [9.17, 15) is 8.42 Å². The highest BCUT2D eigenvalue weighted by Crippen LogP contribution is 2.28. The van der Waals surface area contributed by atoms with E-state index >= 15 is 0 Å². The lowest BCUT2D eigenvalue weighted by molar-refractivity contribution is 0.413. The molecule has 0 N–H and O–H groups in total. The maximum Gasteiger partial charge on any atom is 0.293 e. The van der Waals surface area contributed by atoms with Crippen LogP contribution in [0.5, 0.6) is 0 Å². The number of hydrogen-bond acceptors (Lipinski definition) is 7. The van der Waals surface area contributed by atoms with Crippen LogP contribution in [0, 0.1) is 13.8 Å². The molecule has 0 saturated carbocycles. The highest BCUT2D eigenvalue weighted by atomic mass is 32.2. The van der Waals surface area contributed by atoms with Crippen LogP contribution in [0.4, 0.5) is 0 Å². The van der Waals surface area contributed by atoms with Gasteiger partial charge in [0.05, 0.1) is 9.77 Å². The Morgan fingerprint density at radius 1 is 1.07 bits per heavy atom. The largest absolute Gasteiger partial charge is 0.455 e. The number of aryl methyl sites for hydroxylation is 2. The molecule has 0 saturated heterocycles. The second-order valence-electron chi connectivity index (χ2n) is 6.17. The molecule has 0 unspecified atom stereocenters. The Balaban J connectivity index is 1.57. The van der Waals surface area contributed by atoms with Crippen molar-refractivity contribution in [2.24, 2.45) is 0 Å². The summed E-state index contributed by atoms with van der Waals surface area (Å²) in [6.07, 6.45) is 0. The van der Waals surface area contributed by atoms with Gasteiger partial charge in [-0.1, -0.05) is 17.3 Å². The third-order valence-corrected chi connectivity index (χ3v) is 6.71. The maximum absolute atomic E-state index is 12.7. The smallest absolute Gasteiger partial charge is 0.293 e. The Labute approximate surface area is 160 Å². The van der Waals surface area contributed by atoms with Crippen molar-refractivity contribution in [3.8, 4) is 22.4 Å². The molecule has 0 atom stereocenters. The summed E-state index contributed by atoms with van der Waals surface area (Å²) in [7, 11) is -3.51. The molecule has 0 amide bonds. The predicted octanol–water partition coefficient (Wildman–Crippen LogP) is 4.65. The van der Waals surface area contributed by atoms with E-state index < -0.39 is 9.84 Å². The summed E-state index contributed by atoms with van der Waals surface area (Å²) in [4.78, 5) is 5.46. The second kappa shape index (κ2) is 6.79. The highest BCUT2D eigenvalue weighted by molar-refractivity contribution is 7.90. The van der Waals surface area contributed by atoms with Gasteiger partial charge in [0, 0.05) is 0 Å². The van der Waals surface area contributed by atoms with Crippen molar-refractivity contribution in [1.29, 1.82) is 0 Å². The zero-order chi connectivity index (χ0) is 19.0. The van der Waals surface area contributed by atoms with Crippen LogP contribution in [0.3, 0.4) is 0 Å². The number of nitrogens with zero attached hydrogens (tertiary/aromatic N) is 2. The lowest BCUT2D eigenvalue weighted by Crippen LogP contribution is -2.05. The fourth-order valence-corrected chi connectivity index (χ4v) is 4.56. The molecule has 3 aromatic heterocycles. The van der Waals surface area contributed by atoms with Gasteiger partial charge in [-0.05, 0) is 60.7 Å². The van der Waals surface area contributed by atoms with E-state index in [2.05, 4.69) is 10.1 Å². The first-order chi connectivity index (χ1) is 12.9. The van der Waals surface area contributed by atoms with Crippen molar-refractivity contribution < 1.29 is 17.4 Å². The Kier molecular flexibility index (Phi) is 4.45. The molecule has 4 rings (SSSR count). The minimum Gasteiger partial charge on any atom is -0.455 e. The first-order valence-corrected chi connectivity index (χ1v) is 10.7. The fourth-order valence-electron chi connectivity index (χ4n) is 2.58. The number of thiophene rings is 1. The third kappa shape index (κ3) is 3.58. The first-order valence-electron chi connectivity index (χ1n) is 8.19. The van der Waals surface area contributed by atoms with Gasteiger partial charge in [0.2, 0.25) is 5.82 Å². The molecule has 0 bridgehead atoms. The van der Waals surface area contributed by atoms with Crippen molar-refractivity contribution in [3.05, 3.63) is 64.7 Å². The average Bonchev–Trinajstić information content (AvgIpc) is 3.37. The standard InChI is InChI=1S/C19H16N2O4S2/c1-12-5-7-15(10-13(12)2)27(22,23)11-14-6-8-16(24-14)19-20-18(21-25-19)17-4-3-9-26-17/h3-10H,11H2,1-2H3. The maximum atomic E-state index is 12.7. The molecule has 1 aromatic carbocycles. The van der Waals surface area contributed by atoms with Crippen LogP contribution in [0.25, 0.3) is 22.4 Å². The molecule has 0 aliphatic carbocycles. The Morgan fingerprint density at radius 2 is 1.93 bits per heavy atom. The van der Waals surface area contributed by atoms with Gasteiger partial charge in [0.15, 0.2) is 15.6 Å². The highest BCUT2D eigenvalue weighted by Gasteiger charge is 2.20. The van der Waals surface area contributed by atoms with E-state index in [1.807, 2.05) is 31.4 Å². The minimum absolute atomic E-state index is 0.216. The van der Waals surface area contributed by atoms with Crippen molar-refractivity contribution >= 4 is 21.2 Å². The normalized spacial score (nSPS) is 11.8. The van der Waals surface area contributed by atoms with E-state index in [1.165, 1.54) is 11.3 Å². The molecule has 0 aliphatic heterocycles. The van der Waals surface area contributed by atoms with Crippen LogP contribution in [-0.2, 0) is 15.6 Å². The van der Waals surface area contributed by atoms with Crippen LogP contribution in [-0.4, -0.2) is 18.6 Å². The molecular weight excluding hydrogens is 384 g/mol. The van der Waals surface area contributed by atoms with E-state index in [4.69, 9.17) is 8.94 Å². The molecule has 0 radical (unpaired) electrons. The molecule has 27 heavy (non-hydrogen) atoms. The number of sulfone groups is 1. The van der Waals surface area contributed by atoms with Gasteiger partial charge < -0.3 is 8.94 Å². The molecule has 8 heteroatoms. The third-order valence-electron chi connectivity index (χ3n) is 4.21. The first kappa shape index (κ1) is 17.7. The summed E-state index contributed by atoms with van der Waals surface area (Å²) in [6.45, 7) is 3.83. The predicted molar refractivity (Wildman–Crippen MR) is 102 cm³/mol. The number of furan rings is 1. The fraction of sp³-hybridized carbons (Fsp3) is 0.158. The van der Waals surface area contributed by atoms with Crippen LogP contribution in [0.1, 0.15) is 16.9 Å². The number of hydrogen-bond donors (Lipinski definition) is 0. The minimum atomic E-state index is -3.51. The van der Waals surface area contributed by atoms with E-state index in [-0.39, 0.29) is 16.5 Å². The summed E-state index contributed by atoms with van der Waals surface area (Å²) in [5.74, 6) is 1.12. The van der Waals surface area contributed by atoms with Gasteiger partial charge in [0.25, 0.3) is 5.89 Å². The summed E-state index contributed by atoms with van der Waals surface area (Å²) in [5.41, 5.74) is 1.98. The molecular formula is C19H16N2O4S2. The Morgan fingerprint density at radius 3 is 2.67 bits per heavy atom. The van der Waals surface area contributed by atoms with Gasteiger partial charge in [-0.25, -0.2) is 8.42 Å². The van der Waals surface area contributed by atoms with E-state index in [1.54, 1.807) is 30.3 Å². The Bertz CT molecular complexity index is 1190. The van der Waals surface area contributed by atoms with Gasteiger partial charge >= 0.3 is 0 Å². The van der Waals surface area contributed by atoms with Crippen molar-refractivity contribution in [3.63, 3.8) is 0 Å². The van der Waals surface area contributed by atoms with Gasteiger partial charge in [-0.2, -0.15) is 4.98 Å². The topological polar surface area (TPSA) is 86.2 Å². The molecule has 0 aliphatic rings. The molecule has 4 aromatic rings. The molecule has 138 valence electrons. The second-order valence-corrected chi connectivity index (χ2v) is 9.11. The number of benzene rings is 1. The summed E-state index contributed by atoms with van der Waals surface area (Å²) >= 11 is 1.50. The molecule has 3 heterocycles. The summed E-state index contributed by atoms with van der Waals surface area (Å²) < 4.78 is 36.2. The van der Waals surface area contributed by atoms with Crippen LogP contribution < -0.4 is 0 Å². The Hall–Kier alpha value is -2.71. The van der Waals surface area contributed by atoms with Crippen molar-refractivity contribution in [2.75, 3.05) is 0 Å². The lowest BCUT2D eigenvalue weighted by Gasteiger charge is -2.05. The van der Waals surface area contributed by atoms with Crippen molar-refractivity contribution in [2.45, 2.75) is 24.5 Å². The van der Waals surface area contributed by atoms with Gasteiger partial charge in [-0.3, -0.25) is 0 Å². The summed E-state index contributed by atoms with van der Waals surface area (Å²) in [5, 5.41) is 5.86. The van der Waals surface area contributed by atoms with Crippen LogP contribution in [0.15, 0.2) is 61.7 Å². The van der Waals surface area contributed by atoms with Crippen molar-refractivity contribution in [1.82, 2.24) is 10.1 Å². The molecule has 0 fully saturated rings. The van der Waals surface area contributed by atoms with Gasteiger partial charge in [0.1, 0.15) is 11.5 Å². The monoisotopic (exact) mass is 400 g/mol. The number of aromatic nitrogens is 2. The molecule has 6 nitrogen and oxygen atoms in total. The zero-order valence-corrected chi connectivity index (χ0v) is 16.3. The SMILES string of the molecule is Cc1ccc(S(=O)(=O)Cc2ccc(-c3nc(-c4cccs4)no3)o2)cc1C. The molecule has 0 spiro atoms. The lowest BCUT2D eigenvalue weighted by atomic mass is 10.1.